The molecule has 2 rings (SSSR count). The molecule has 0 aromatic carbocycles. The standard InChI is InChI=1S/C12H14N2S2/c1-12(2,3)11-13-8(7-10(15)14-11)9-5-4-6-16-9/h4-7H,1-3H3,(H,13,14,15). The zero-order chi connectivity index (χ0) is 11.8. The predicted octanol–water partition coefficient (Wildman–Crippen LogP) is 4.17. The van der Waals surface area contributed by atoms with Gasteiger partial charge in [0.05, 0.1) is 10.6 Å². The van der Waals surface area contributed by atoms with Crippen LogP contribution in [0.5, 0.6) is 0 Å². The van der Waals surface area contributed by atoms with Crippen LogP contribution in [-0.4, -0.2) is 9.97 Å². The van der Waals surface area contributed by atoms with Gasteiger partial charge in [-0.15, -0.1) is 11.3 Å². The average molecular weight is 250 g/mol. The average Bonchev–Trinajstić information content (AvgIpc) is 2.68. The van der Waals surface area contributed by atoms with E-state index in [1.54, 1.807) is 11.3 Å². The number of nitrogens with one attached hydrogen (secondary N) is 1. The molecule has 0 bridgehead atoms. The van der Waals surface area contributed by atoms with Crippen molar-refractivity contribution in [1.82, 2.24) is 9.97 Å². The molecule has 0 spiro atoms. The van der Waals surface area contributed by atoms with Gasteiger partial charge in [-0.1, -0.05) is 39.1 Å². The molecule has 0 fully saturated rings. The molecule has 1 N–H and O–H groups in total. The first kappa shape index (κ1) is 11.5. The Morgan fingerprint density at radius 3 is 2.69 bits per heavy atom. The van der Waals surface area contributed by atoms with Crippen LogP contribution in [0.25, 0.3) is 10.6 Å². The lowest BCUT2D eigenvalue weighted by Gasteiger charge is -2.18. The molecule has 2 nitrogen and oxygen atoms in total. The van der Waals surface area contributed by atoms with Gasteiger partial charge in [-0.3, -0.25) is 0 Å². The summed E-state index contributed by atoms with van der Waals surface area (Å²) in [6.45, 7) is 6.37. The van der Waals surface area contributed by atoms with Gasteiger partial charge in [-0.25, -0.2) is 4.98 Å². The van der Waals surface area contributed by atoms with Crippen LogP contribution >= 0.6 is 23.6 Å². The number of H-pyrrole nitrogens is 1. The third-order valence-electron chi connectivity index (χ3n) is 2.24. The number of nitrogens with zero attached hydrogens (tertiary/aromatic N) is 1. The first-order chi connectivity index (χ1) is 7.47. The Balaban J connectivity index is 2.57. The molecule has 4 heteroatoms. The van der Waals surface area contributed by atoms with Gasteiger partial charge in [0.15, 0.2) is 0 Å². The van der Waals surface area contributed by atoms with Gasteiger partial charge in [-0.2, -0.15) is 0 Å². The van der Waals surface area contributed by atoms with Crippen LogP contribution in [0, 0.1) is 4.64 Å². The lowest BCUT2D eigenvalue weighted by molar-refractivity contribution is 0.545. The van der Waals surface area contributed by atoms with E-state index < -0.39 is 0 Å². The van der Waals surface area contributed by atoms with Gasteiger partial charge in [-0.05, 0) is 17.5 Å². The van der Waals surface area contributed by atoms with Crippen LogP contribution in [0.1, 0.15) is 26.6 Å². The third-order valence-corrected chi connectivity index (χ3v) is 3.35. The van der Waals surface area contributed by atoms with Crippen molar-refractivity contribution in [3.8, 4) is 10.6 Å². The number of rotatable bonds is 1. The summed E-state index contributed by atoms with van der Waals surface area (Å²) in [7, 11) is 0. The molecule has 2 heterocycles. The third kappa shape index (κ3) is 2.39. The van der Waals surface area contributed by atoms with Gasteiger partial charge in [0.2, 0.25) is 0 Å². The fourth-order valence-corrected chi connectivity index (χ4v) is 2.28. The maximum atomic E-state index is 5.20. The van der Waals surface area contributed by atoms with Gasteiger partial charge in [0.25, 0.3) is 0 Å². The molecule has 16 heavy (non-hydrogen) atoms. The second-order valence-corrected chi connectivity index (χ2v) is 6.07. The van der Waals surface area contributed by atoms with Gasteiger partial charge in [0, 0.05) is 5.41 Å². The van der Waals surface area contributed by atoms with Crippen LogP contribution < -0.4 is 0 Å². The molecule has 2 aromatic rings. The maximum absolute atomic E-state index is 5.20. The summed E-state index contributed by atoms with van der Waals surface area (Å²) >= 11 is 6.90. The van der Waals surface area contributed by atoms with E-state index in [4.69, 9.17) is 12.2 Å². The first-order valence-electron chi connectivity index (χ1n) is 5.12. The van der Waals surface area contributed by atoms with E-state index in [1.165, 1.54) is 4.88 Å². The molecule has 0 saturated carbocycles. The largest absolute Gasteiger partial charge is 0.342 e. The predicted molar refractivity (Wildman–Crippen MR) is 71.4 cm³/mol. The Hall–Kier alpha value is -1.00. The summed E-state index contributed by atoms with van der Waals surface area (Å²) in [4.78, 5) is 8.93. The summed E-state index contributed by atoms with van der Waals surface area (Å²) in [6, 6.07) is 6.03. The fraction of sp³-hybridized carbons (Fsp3) is 0.333. The number of aromatic nitrogens is 2. The Bertz CT molecular complexity index is 533. The monoisotopic (exact) mass is 250 g/mol. The van der Waals surface area contributed by atoms with E-state index in [0.29, 0.717) is 4.64 Å². The molecule has 0 saturated heterocycles. The molecule has 84 valence electrons. The molecule has 0 aliphatic heterocycles. The van der Waals surface area contributed by atoms with Gasteiger partial charge < -0.3 is 4.98 Å². The normalized spacial score (nSPS) is 11.7. The minimum atomic E-state index is -0.0131. The number of hydrogen-bond acceptors (Lipinski definition) is 3. The van der Waals surface area contributed by atoms with Crippen molar-refractivity contribution in [2.75, 3.05) is 0 Å². The first-order valence-corrected chi connectivity index (χ1v) is 6.41. The molecule has 2 aromatic heterocycles. The number of hydrogen-bond donors (Lipinski definition) is 1. The Kier molecular flexibility index (Phi) is 2.95. The van der Waals surface area contributed by atoms with E-state index in [2.05, 4.69) is 42.2 Å². The van der Waals surface area contributed by atoms with Crippen molar-refractivity contribution in [3.05, 3.63) is 34.0 Å². The minimum absolute atomic E-state index is 0.0131. The molecule has 0 aliphatic carbocycles. The molecule has 0 unspecified atom stereocenters. The van der Waals surface area contributed by atoms with E-state index in [0.717, 1.165) is 11.5 Å². The summed E-state index contributed by atoms with van der Waals surface area (Å²) in [5.41, 5.74) is 1.04. The molecular formula is C12H14N2S2. The highest BCUT2D eigenvalue weighted by Gasteiger charge is 2.17. The van der Waals surface area contributed by atoms with E-state index >= 15 is 0 Å². The zero-order valence-electron chi connectivity index (χ0n) is 9.57. The second kappa shape index (κ2) is 4.11. The van der Waals surface area contributed by atoms with Crippen molar-refractivity contribution in [3.63, 3.8) is 0 Å². The highest BCUT2D eigenvalue weighted by atomic mass is 32.1. The Morgan fingerprint density at radius 1 is 1.38 bits per heavy atom. The smallest absolute Gasteiger partial charge is 0.130 e. The van der Waals surface area contributed by atoms with E-state index in [1.807, 2.05) is 12.1 Å². The SMILES string of the molecule is CC(C)(C)c1nc(=S)cc(-c2cccs2)[nH]1. The van der Waals surface area contributed by atoms with Crippen molar-refractivity contribution in [2.24, 2.45) is 0 Å². The van der Waals surface area contributed by atoms with E-state index in [9.17, 15) is 0 Å². The van der Waals surface area contributed by atoms with Crippen molar-refractivity contribution in [2.45, 2.75) is 26.2 Å². The van der Waals surface area contributed by atoms with Crippen LogP contribution in [0.15, 0.2) is 23.6 Å². The number of aromatic amines is 1. The summed E-state index contributed by atoms with van der Waals surface area (Å²) in [5.74, 6) is 0.934. The molecule has 0 amide bonds. The van der Waals surface area contributed by atoms with Gasteiger partial charge >= 0.3 is 0 Å². The molecular weight excluding hydrogens is 236 g/mol. The van der Waals surface area contributed by atoms with Gasteiger partial charge in [0.1, 0.15) is 10.5 Å². The summed E-state index contributed by atoms with van der Waals surface area (Å²) < 4.78 is 0.645. The fourth-order valence-electron chi connectivity index (χ4n) is 1.38. The van der Waals surface area contributed by atoms with Crippen LogP contribution in [0.2, 0.25) is 0 Å². The van der Waals surface area contributed by atoms with Crippen molar-refractivity contribution < 1.29 is 0 Å². The van der Waals surface area contributed by atoms with Crippen LogP contribution in [0.4, 0.5) is 0 Å². The van der Waals surface area contributed by atoms with Crippen molar-refractivity contribution >= 4 is 23.6 Å². The Morgan fingerprint density at radius 2 is 2.12 bits per heavy atom. The lowest BCUT2D eigenvalue weighted by Crippen LogP contribution is -2.16. The lowest BCUT2D eigenvalue weighted by atomic mass is 9.95. The molecule has 0 radical (unpaired) electrons. The van der Waals surface area contributed by atoms with E-state index in [-0.39, 0.29) is 5.41 Å². The van der Waals surface area contributed by atoms with Crippen LogP contribution in [-0.2, 0) is 5.41 Å². The zero-order valence-corrected chi connectivity index (χ0v) is 11.2. The van der Waals surface area contributed by atoms with Crippen molar-refractivity contribution in [1.29, 1.82) is 0 Å². The number of thiophene rings is 1. The Labute approximate surface area is 104 Å². The van der Waals surface area contributed by atoms with Crippen LogP contribution in [0.3, 0.4) is 0 Å². The quantitative estimate of drug-likeness (QED) is 0.770. The maximum Gasteiger partial charge on any atom is 0.130 e. The highest BCUT2D eigenvalue weighted by Crippen LogP contribution is 2.25. The highest BCUT2D eigenvalue weighted by molar-refractivity contribution is 7.71. The minimum Gasteiger partial charge on any atom is -0.342 e. The summed E-state index contributed by atoms with van der Waals surface area (Å²) in [5, 5.41) is 2.06. The summed E-state index contributed by atoms with van der Waals surface area (Å²) in [6.07, 6.45) is 0. The topological polar surface area (TPSA) is 28.7 Å². The molecule has 0 aliphatic rings. The second-order valence-electron chi connectivity index (χ2n) is 4.71. The molecule has 0 atom stereocenters.